The van der Waals surface area contributed by atoms with Crippen molar-refractivity contribution in [3.05, 3.63) is 48.5 Å². The highest BCUT2D eigenvalue weighted by Gasteiger charge is 2.15. The van der Waals surface area contributed by atoms with E-state index >= 15 is 0 Å². The zero-order valence-corrected chi connectivity index (χ0v) is 12.4. The summed E-state index contributed by atoms with van der Waals surface area (Å²) in [6, 6.07) is 8.20. The van der Waals surface area contributed by atoms with Crippen molar-refractivity contribution in [2.75, 3.05) is 6.54 Å². The average Bonchev–Trinajstić information content (AvgIpc) is 2.82. The summed E-state index contributed by atoms with van der Waals surface area (Å²) in [6.07, 6.45) is 4.88. The number of nitrogens with one attached hydrogen (secondary N) is 1. The molecule has 0 aliphatic heterocycles. The van der Waals surface area contributed by atoms with Crippen molar-refractivity contribution in [1.82, 2.24) is 9.29 Å². The summed E-state index contributed by atoms with van der Waals surface area (Å²) in [6.45, 7) is 0.659. The first kappa shape index (κ1) is 15.2. The van der Waals surface area contributed by atoms with Gasteiger partial charge in [-0.2, -0.15) is 0 Å². The Morgan fingerprint density at radius 1 is 1.38 bits per heavy atom. The summed E-state index contributed by atoms with van der Waals surface area (Å²) in [4.78, 5) is 0.236. The van der Waals surface area contributed by atoms with E-state index in [0.29, 0.717) is 12.4 Å². The van der Waals surface area contributed by atoms with Gasteiger partial charge in [-0.25, -0.2) is 22.3 Å². The molecule has 0 unspecified atom stereocenters. The Kier molecular flexibility index (Phi) is 4.71. The van der Waals surface area contributed by atoms with Gasteiger partial charge in [0.2, 0.25) is 10.0 Å². The van der Waals surface area contributed by atoms with Gasteiger partial charge in [-0.1, -0.05) is 23.4 Å². The second kappa shape index (κ2) is 6.51. The van der Waals surface area contributed by atoms with E-state index in [9.17, 15) is 8.42 Å². The zero-order chi connectivity index (χ0) is 15.3. The summed E-state index contributed by atoms with van der Waals surface area (Å²) >= 11 is 0. The normalized spacial score (nSPS) is 12.0. The predicted molar refractivity (Wildman–Crippen MR) is 76.6 cm³/mol. The van der Waals surface area contributed by atoms with E-state index in [2.05, 4.69) is 9.88 Å². The van der Waals surface area contributed by atoms with Crippen molar-refractivity contribution in [3.63, 3.8) is 0 Å². The Morgan fingerprint density at radius 2 is 2.10 bits per heavy atom. The number of rotatable bonds is 6. The van der Waals surface area contributed by atoms with Crippen molar-refractivity contribution in [2.24, 2.45) is 12.2 Å². The highest BCUT2D eigenvalue weighted by atomic mass is 32.2. The van der Waals surface area contributed by atoms with E-state index in [4.69, 9.17) is 5.21 Å². The van der Waals surface area contributed by atoms with E-state index in [0.717, 1.165) is 0 Å². The predicted octanol–water partition coefficient (Wildman–Crippen LogP) is 0.0992. The second-order valence-corrected chi connectivity index (χ2v) is 6.18. The van der Waals surface area contributed by atoms with Crippen LogP contribution in [-0.4, -0.2) is 31.0 Å². The molecular weight excluding hydrogens is 292 g/mol. The third-order valence-corrected chi connectivity index (χ3v) is 4.47. The van der Waals surface area contributed by atoms with Crippen LogP contribution in [0.2, 0.25) is 0 Å². The fourth-order valence-electron chi connectivity index (χ4n) is 1.93. The number of aromatic nitrogens is 2. The quantitative estimate of drug-likeness (QED) is 0.343. The number of hydrogen-bond acceptors (Lipinski definition) is 4. The smallest absolute Gasteiger partial charge is 0.303 e. The molecule has 2 N–H and O–H groups in total. The van der Waals surface area contributed by atoms with Crippen molar-refractivity contribution in [1.29, 1.82) is 0 Å². The van der Waals surface area contributed by atoms with Gasteiger partial charge in [0.1, 0.15) is 18.9 Å². The summed E-state index contributed by atoms with van der Waals surface area (Å²) < 4.78 is 30.2. The number of sulfonamides is 1. The first-order valence-electron chi connectivity index (χ1n) is 6.31. The Labute approximate surface area is 123 Å². The largest absolute Gasteiger partial charge is 0.411 e. The van der Waals surface area contributed by atoms with E-state index in [1.54, 1.807) is 51.9 Å². The van der Waals surface area contributed by atoms with E-state index in [1.807, 2.05) is 7.05 Å². The summed E-state index contributed by atoms with van der Waals surface area (Å²) in [5.41, 5.74) is 0. The van der Waals surface area contributed by atoms with E-state index < -0.39 is 10.0 Å². The third-order valence-electron chi connectivity index (χ3n) is 3.00. The van der Waals surface area contributed by atoms with E-state index in [-0.39, 0.29) is 11.4 Å². The van der Waals surface area contributed by atoms with Crippen LogP contribution in [-0.2, 0) is 23.6 Å². The van der Waals surface area contributed by atoms with Crippen molar-refractivity contribution in [2.45, 2.75) is 11.4 Å². The van der Waals surface area contributed by atoms with Crippen LogP contribution in [0.1, 0.15) is 5.82 Å². The second-order valence-electron chi connectivity index (χ2n) is 4.42. The number of hydrogen-bond donors (Lipinski definition) is 2. The molecule has 2 rings (SSSR count). The van der Waals surface area contributed by atoms with Crippen LogP contribution in [0.4, 0.5) is 0 Å². The number of nitrogens with zero attached hydrogens (tertiary/aromatic N) is 3. The minimum atomic E-state index is -3.50. The molecule has 0 saturated carbocycles. The van der Waals surface area contributed by atoms with Gasteiger partial charge in [0.15, 0.2) is 6.21 Å². The first-order valence-corrected chi connectivity index (χ1v) is 7.80. The lowest BCUT2D eigenvalue weighted by Crippen LogP contribution is -2.33. The van der Waals surface area contributed by atoms with Gasteiger partial charge in [-0.3, -0.25) is 0 Å². The van der Waals surface area contributed by atoms with Crippen LogP contribution in [0.3, 0.4) is 0 Å². The van der Waals surface area contributed by atoms with Gasteiger partial charge in [0.05, 0.1) is 11.9 Å². The Balaban J connectivity index is 2.02. The Hall–Kier alpha value is -2.19. The highest BCUT2D eigenvalue weighted by Crippen LogP contribution is 2.06. The fourth-order valence-corrected chi connectivity index (χ4v) is 2.97. The van der Waals surface area contributed by atoms with Crippen LogP contribution < -0.4 is 9.29 Å². The minimum Gasteiger partial charge on any atom is -0.411 e. The van der Waals surface area contributed by atoms with Crippen molar-refractivity contribution < 1.29 is 18.2 Å². The molecule has 2 aromatic rings. The monoisotopic (exact) mass is 309 g/mol. The molecule has 0 radical (unpaired) electrons. The molecular formula is C13H17N4O3S+. The molecule has 0 bridgehead atoms. The number of imidazole rings is 1. The van der Waals surface area contributed by atoms with Gasteiger partial charge >= 0.3 is 5.82 Å². The SMILES string of the molecule is C[n+]1ccn(CCNS(=O)(=O)c2ccccc2)c1C=NO. The number of aryl methyl sites for hydroxylation is 1. The maximum atomic E-state index is 12.0. The number of benzene rings is 1. The molecule has 1 aromatic heterocycles. The maximum Gasteiger partial charge on any atom is 0.303 e. The zero-order valence-electron chi connectivity index (χ0n) is 11.5. The molecule has 1 aromatic carbocycles. The lowest BCUT2D eigenvalue weighted by atomic mass is 10.4. The van der Waals surface area contributed by atoms with Crippen LogP contribution in [0.5, 0.6) is 0 Å². The maximum absolute atomic E-state index is 12.0. The lowest BCUT2D eigenvalue weighted by molar-refractivity contribution is -0.671. The molecule has 0 amide bonds. The molecule has 0 aliphatic carbocycles. The highest BCUT2D eigenvalue weighted by molar-refractivity contribution is 7.89. The molecule has 8 heteroatoms. The molecule has 0 saturated heterocycles. The van der Waals surface area contributed by atoms with Gasteiger partial charge in [-0.05, 0) is 12.1 Å². The molecule has 112 valence electrons. The Morgan fingerprint density at radius 3 is 2.76 bits per heavy atom. The average molecular weight is 309 g/mol. The van der Waals surface area contributed by atoms with Crippen LogP contribution in [0.15, 0.2) is 52.8 Å². The standard InChI is InChI=1S/C13H16N4O3S/c1-16-9-10-17(13(16)11-14-18)8-7-15-21(19,20)12-5-3-2-4-6-12/h2-6,9-11,15H,7-8H2,1H3/p+1. The van der Waals surface area contributed by atoms with Crippen molar-refractivity contribution in [3.8, 4) is 0 Å². The molecule has 0 fully saturated rings. The summed E-state index contributed by atoms with van der Waals surface area (Å²) in [7, 11) is -1.69. The van der Waals surface area contributed by atoms with Crippen molar-refractivity contribution >= 4 is 16.2 Å². The molecule has 21 heavy (non-hydrogen) atoms. The third kappa shape index (κ3) is 3.67. The van der Waals surface area contributed by atoms with Crippen LogP contribution in [0.25, 0.3) is 0 Å². The minimum absolute atomic E-state index is 0.234. The fraction of sp³-hybridized carbons (Fsp3) is 0.231. The summed E-state index contributed by atoms with van der Waals surface area (Å²) in [5, 5.41) is 11.6. The Bertz CT molecular complexity index is 723. The topological polar surface area (TPSA) is 87.6 Å². The van der Waals surface area contributed by atoms with E-state index in [1.165, 1.54) is 6.21 Å². The molecule has 0 spiro atoms. The summed E-state index contributed by atoms with van der Waals surface area (Å²) in [5.74, 6) is 0.663. The first-order chi connectivity index (χ1) is 10.0. The molecule has 1 heterocycles. The van der Waals surface area contributed by atoms with Gasteiger partial charge in [-0.15, -0.1) is 0 Å². The lowest BCUT2D eigenvalue weighted by Gasteiger charge is -2.05. The van der Waals surface area contributed by atoms with Crippen LogP contribution in [0, 0.1) is 0 Å². The molecule has 0 aliphatic rings. The van der Waals surface area contributed by atoms with Gasteiger partial charge in [0, 0.05) is 6.54 Å². The van der Waals surface area contributed by atoms with Crippen LogP contribution >= 0.6 is 0 Å². The van der Waals surface area contributed by atoms with Gasteiger partial charge < -0.3 is 5.21 Å². The van der Waals surface area contributed by atoms with Gasteiger partial charge in [0.25, 0.3) is 0 Å². The number of oxime groups is 1. The molecule has 0 atom stereocenters. The molecule has 7 nitrogen and oxygen atoms in total.